The molecule has 0 saturated carbocycles. The second-order valence-electron chi connectivity index (χ2n) is 4.48. The Hall–Kier alpha value is -1.92. The lowest BCUT2D eigenvalue weighted by molar-refractivity contribution is -0.134. The van der Waals surface area contributed by atoms with Crippen LogP contribution in [0.3, 0.4) is 0 Å². The Morgan fingerprint density at radius 3 is 3.16 bits per heavy atom. The molecule has 0 spiro atoms. The summed E-state index contributed by atoms with van der Waals surface area (Å²) in [5.74, 6) is 0.644. The standard InChI is InChI=1S/C13H16N4O2/c18-13(11-7-14-5-6-19-11)15-8-12-16-9-3-1-2-4-10(9)17-12/h1-4,11,14H,5-8H2,(H,15,18)(H,16,17). The zero-order valence-electron chi connectivity index (χ0n) is 10.5. The van der Waals surface area contributed by atoms with Gasteiger partial charge in [-0.15, -0.1) is 0 Å². The molecule has 0 bridgehead atoms. The van der Waals surface area contributed by atoms with Gasteiger partial charge in [-0.25, -0.2) is 4.98 Å². The van der Waals surface area contributed by atoms with Crippen molar-refractivity contribution in [1.29, 1.82) is 0 Å². The second-order valence-corrected chi connectivity index (χ2v) is 4.48. The maximum absolute atomic E-state index is 11.9. The minimum atomic E-state index is -0.405. The summed E-state index contributed by atoms with van der Waals surface area (Å²) in [5.41, 5.74) is 1.88. The van der Waals surface area contributed by atoms with Crippen LogP contribution < -0.4 is 10.6 Å². The molecule has 2 heterocycles. The molecule has 0 aliphatic carbocycles. The number of morpholine rings is 1. The molecule has 1 aromatic carbocycles. The summed E-state index contributed by atoms with van der Waals surface area (Å²) >= 11 is 0. The highest BCUT2D eigenvalue weighted by Crippen LogP contribution is 2.10. The fourth-order valence-electron chi connectivity index (χ4n) is 2.11. The maximum atomic E-state index is 11.9. The molecule has 1 aromatic heterocycles. The number of hydrogen-bond donors (Lipinski definition) is 3. The molecular weight excluding hydrogens is 244 g/mol. The van der Waals surface area contributed by atoms with Crippen molar-refractivity contribution in [2.75, 3.05) is 19.7 Å². The SMILES string of the molecule is O=C(NCc1nc2ccccc2[nH]1)C1CNCCO1. The number of aromatic amines is 1. The first-order valence-corrected chi connectivity index (χ1v) is 6.36. The van der Waals surface area contributed by atoms with Crippen LogP contribution in [0.4, 0.5) is 0 Å². The minimum Gasteiger partial charge on any atom is -0.366 e. The number of nitrogens with one attached hydrogen (secondary N) is 3. The van der Waals surface area contributed by atoms with Gasteiger partial charge in [0.1, 0.15) is 11.9 Å². The molecule has 6 nitrogen and oxygen atoms in total. The normalized spacial score (nSPS) is 19.5. The summed E-state index contributed by atoms with van der Waals surface area (Å²) in [6.45, 7) is 2.31. The molecule has 1 amide bonds. The van der Waals surface area contributed by atoms with Gasteiger partial charge in [0.15, 0.2) is 0 Å². The number of nitrogens with zero attached hydrogens (tertiary/aromatic N) is 1. The van der Waals surface area contributed by atoms with Crippen molar-refractivity contribution in [2.24, 2.45) is 0 Å². The van der Waals surface area contributed by atoms with E-state index in [0.717, 1.165) is 23.4 Å². The molecule has 1 aliphatic rings. The number of carbonyl (C=O) groups is 1. The summed E-state index contributed by atoms with van der Waals surface area (Å²) in [5, 5.41) is 5.96. The van der Waals surface area contributed by atoms with Crippen LogP contribution >= 0.6 is 0 Å². The Morgan fingerprint density at radius 2 is 2.37 bits per heavy atom. The maximum Gasteiger partial charge on any atom is 0.250 e. The Labute approximate surface area is 110 Å². The Bertz CT molecular complexity index is 542. The fraction of sp³-hybridized carbons (Fsp3) is 0.385. The van der Waals surface area contributed by atoms with Crippen LogP contribution in [0.25, 0.3) is 11.0 Å². The van der Waals surface area contributed by atoms with E-state index in [1.165, 1.54) is 0 Å². The van der Waals surface area contributed by atoms with Crippen molar-refractivity contribution in [1.82, 2.24) is 20.6 Å². The largest absolute Gasteiger partial charge is 0.366 e. The van der Waals surface area contributed by atoms with Crippen molar-refractivity contribution >= 4 is 16.9 Å². The fourth-order valence-corrected chi connectivity index (χ4v) is 2.11. The average Bonchev–Trinajstić information content (AvgIpc) is 2.88. The third-order valence-corrected chi connectivity index (χ3v) is 3.09. The van der Waals surface area contributed by atoms with E-state index in [1.54, 1.807) is 0 Å². The van der Waals surface area contributed by atoms with Crippen LogP contribution in [0.1, 0.15) is 5.82 Å². The van der Waals surface area contributed by atoms with Crippen molar-refractivity contribution < 1.29 is 9.53 Å². The Kier molecular flexibility index (Phi) is 3.43. The van der Waals surface area contributed by atoms with Crippen LogP contribution in [0, 0.1) is 0 Å². The first kappa shape index (κ1) is 12.1. The second kappa shape index (κ2) is 5.38. The number of benzene rings is 1. The van der Waals surface area contributed by atoms with Gasteiger partial charge < -0.3 is 20.4 Å². The van der Waals surface area contributed by atoms with Gasteiger partial charge in [-0.2, -0.15) is 0 Å². The first-order chi connectivity index (χ1) is 9.33. The smallest absolute Gasteiger partial charge is 0.250 e. The number of para-hydroxylation sites is 2. The van der Waals surface area contributed by atoms with Gasteiger partial charge in [0.05, 0.1) is 24.2 Å². The number of hydrogen-bond acceptors (Lipinski definition) is 4. The van der Waals surface area contributed by atoms with Crippen LogP contribution in [0.2, 0.25) is 0 Å². The number of imidazole rings is 1. The highest BCUT2D eigenvalue weighted by atomic mass is 16.5. The number of rotatable bonds is 3. The Balaban J connectivity index is 1.60. The molecular formula is C13H16N4O2. The van der Waals surface area contributed by atoms with Gasteiger partial charge in [0.2, 0.25) is 0 Å². The van der Waals surface area contributed by atoms with E-state index in [2.05, 4.69) is 20.6 Å². The van der Waals surface area contributed by atoms with Crippen molar-refractivity contribution in [3.05, 3.63) is 30.1 Å². The highest BCUT2D eigenvalue weighted by Gasteiger charge is 2.21. The summed E-state index contributed by atoms with van der Waals surface area (Å²) in [6.07, 6.45) is -0.405. The minimum absolute atomic E-state index is 0.104. The van der Waals surface area contributed by atoms with Gasteiger partial charge in [0.25, 0.3) is 5.91 Å². The Morgan fingerprint density at radius 1 is 1.47 bits per heavy atom. The van der Waals surface area contributed by atoms with Gasteiger partial charge in [-0.1, -0.05) is 12.1 Å². The van der Waals surface area contributed by atoms with Gasteiger partial charge in [0, 0.05) is 13.1 Å². The molecule has 6 heteroatoms. The van der Waals surface area contributed by atoms with E-state index in [-0.39, 0.29) is 5.91 Å². The van der Waals surface area contributed by atoms with E-state index in [4.69, 9.17) is 4.74 Å². The van der Waals surface area contributed by atoms with Gasteiger partial charge in [-0.05, 0) is 12.1 Å². The molecule has 19 heavy (non-hydrogen) atoms. The molecule has 2 aromatic rings. The van der Waals surface area contributed by atoms with Gasteiger partial charge >= 0.3 is 0 Å². The summed E-state index contributed by atoms with van der Waals surface area (Å²) in [7, 11) is 0. The molecule has 1 aliphatic heterocycles. The van der Waals surface area contributed by atoms with Gasteiger partial charge in [-0.3, -0.25) is 4.79 Å². The lowest BCUT2D eigenvalue weighted by Crippen LogP contribution is -2.47. The predicted molar refractivity (Wildman–Crippen MR) is 70.6 cm³/mol. The molecule has 1 unspecified atom stereocenters. The molecule has 1 saturated heterocycles. The number of carbonyl (C=O) groups excluding carboxylic acids is 1. The van der Waals surface area contributed by atoms with E-state index in [9.17, 15) is 4.79 Å². The average molecular weight is 260 g/mol. The lowest BCUT2D eigenvalue weighted by atomic mass is 10.3. The number of amides is 1. The zero-order valence-corrected chi connectivity index (χ0v) is 10.5. The molecule has 0 radical (unpaired) electrons. The quantitative estimate of drug-likeness (QED) is 0.735. The van der Waals surface area contributed by atoms with E-state index >= 15 is 0 Å². The lowest BCUT2D eigenvalue weighted by Gasteiger charge is -2.22. The third kappa shape index (κ3) is 2.74. The predicted octanol–water partition coefficient (Wildman–Crippen LogP) is 0.167. The number of fused-ring (bicyclic) bond motifs is 1. The number of ether oxygens (including phenoxy) is 1. The highest BCUT2D eigenvalue weighted by molar-refractivity contribution is 5.81. The topological polar surface area (TPSA) is 79.0 Å². The van der Waals surface area contributed by atoms with E-state index in [1.807, 2.05) is 24.3 Å². The zero-order chi connectivity index (χ0) is 13.1. The van der Waals surface area contributed by atoms with Crippen molar-refractivity contribution in [3.63, 3.8) is 0 Å². The number of H-pyrrole nitrogens is 1. The van der Waals surface area contributed by atoms with Crippen LogP contribution in [0.15, 0.2) is 24.3 Å². The summed E-state index contributed by atoms with van der Waals surface area (Å²) in [4.78, 5) is 19.4. The molecule has 100 valence electrons. The van der Waals surface area contributed by atoms with Crippen LogP contribution in [0.5, 0.6) is 0 Å². The molecule has 3 N–H and O–H groups in total. The molecule has 1 fully saturated rings. The summed E-state index contributed by atoms with van der Waals surface area (Å²) in [6, 6.07) is 7.78. The number of aromatic nitrogens is 2. The first-order valence-electron chi connectivity index (χ1n) is 6.36. The van der Waals surface area contributed by atoms with E-state index < -0.39 is 6.10 Å². The van der Waals surface area contributed by atoms with Crippen LogP contribution in [-0.2, 0) is 16.1 Å². The van der Waals surface area contributed by atoms with Crippen LogP contribution in [-0.4, -0.2) is 41.7 Å². The monoisotopic (exact) mass is 260 g/mol. The van der Waals surface area contributed by atoms with Crippen molar-refractivity contribution in [3.8, 4) is 0 Å². The van der Waals surface area contributed by atoms with E-state index in [0.29, 0.717) is 19.7 Å². The van der Waals surface area contributed by atoms with Crippen molar-refractivity contribution in [2.45, 2.75) is 12.6 Å². The third-order valence-electron chi connectivity index (χ3n) is 3.09. The molecule has 1 atom stereocenters. The summed E-state index contributed by atoms with van der Waals surface area (Å²) < 4.78 is 5.38. The molecule has 3 rings (SSSR count).